The van der Waals surface area contributed by atoms with E-state index in [1.54, 1.807) is 0 Å². The summed E-state index contributed by atoms with van der Waals surface area (Å²) in [6.45, 7) is 14.0. The molecule has 0 unspecified atom stereocenters. The predicted molar refractivity (Wildman–Crippen MR) is 175 cm³/mol. The number of benzene rings is 3. The Kier molecular flexibility index (Phi) is 7.96. The molecule has 0 saturated carbocycles. The van der Waals surface area contributed by atoms with Crippen LogP contribution in [0.1, 0.15) is 63.1 Å². The Labute approximate surface area is 267 Å². The van der Waals surface area contributed by atoms with Crippen LogP contribution in [-0.2, 0) is 19.0 Å². The molecule has 0 bridgehead atoms. The van der Waals surface area contributed by atoms with Gasteiger partial charge in [0, 0.05) is 41.2 Å². The highest BCUT2D eigenvalue weighted by molar-refractivity contribution is 5.72. The van der Waals surface area contributed by atoms with Crippen molar-refractivity contribution in [2.75, 3.05) is 0 Å². The van der Waals surface area contributed by atoms with Gasteiger partial charge in [-0.05, 0) is 76.8 Å². The maximum atomic E-state index is 14.4. The van der Waals surface area contributed by atoms with Crippen molar-refractivity contribution in [2.24, 2.45) is 0 Å². The van der Waals surface area contributed by atoms with E-state index in [-0.39, 0.29) is 12.0 Å². The minimum Gasteiger partial charge on any atom is -0.240 e. The van der Waals surface area contributed by atoms with Gasteiger partial charge in [0.1, 0.15) is 0 Å². The largest absolute Gasteiger partial charge is 0.435 e. The maximum absolute atomic E-state index is 14.4. The summed E-state index contributed by atoms with van der Waals surface area (Å²) >= 11 is 0. The van der Waals surface area contributed by atoms with Crippen molar-refractivity contribution in [1.29, 1.82) is 0 Å². The van der Waals surface area contributed by atoms with Crippen molar-refractivity contribution >= 4 is 0 Å². The molecule has 3 aromatic carbocycles. The third-order valence-corrected chi connectivity index (χ3v) is 8.67. The Hall–Kier alpha value is -4.92. The smallest absolute Gasteiger partial charge is 0.240 e. The molecule has 236 valence electrons. The Morgan fingerprint density at radius 1 is 0.696 bits per heavy atom. The molecule has 0 aliphatic heterocycles. The molecule has 0 N–H and O–H groups in total. The number of halogens is 3. The number of rotatable bonds is 7. The molecule has 0 fully saturated rings. The van der Waals surface area contributed by atoms with Crippen LogP contribution in [0.4, 0.5) is 13.2 Å². The first-order valence-electron chi connectivity index (χ1n) is 15.4. The van der Waals surface area contributed by atoms with Crippen LogP contribution in [0.2, 0.25) is 0 Å². The van der Waals surface area contributed by atoms with Gasteiger partial charge in [-0.1, -0.05) is 66.6 Å². The fourth-order valence-electron chi connectivity index (χ4n) is 5.99. The van der Waals surface area contributed by atoms with Crippen LogP contribution in [0.5, 0.6) is 0 Å². The van der Waals surface area contributed by atoms with E-state index >= 15 is 0 Å². The molecule has 3 heterocycles. The van der Waals surface area contributed by atoms with Crippen LogP contribution < -0.4 is 0 Å². The van der Waals surface area contributed by atoms with Crippen LogP contribution in [-0.4, -0.2) is 29.3 Å². The molecule has 3 aromatic heterocycles. The zero-order valence-electron chi connectivity index (χ0n) is 27.2. The zero-order chi connectivity index (χ0) is 32.9. The quantitative estimate of drug-likeness (QED) is 0.179. The van der Waals surface area contributed by atoms with E-state index in [9.17, 15) is 13.2 Å². The monoisotopic (exact) mass is 622 g/mol. The lowest BCUT2D eigenvalue weighted by Gasteiger charge is -2.18. The zero-order valence-corrected chi connectivity index (χ0v) is 27.2. The first kappa shape index (κ1) is 31.1. The van der Waals surface area contributed by atoms with E-state index in [2.05, 4.69) is 36.3 Å². The van der Waals surface area contributed by atoms with Crippen molar-refractivity contribution in [3.05, 3.63) is 129 Å². The lowest BCUT2D eigenvalue weighted by molar-refractivity contribution is -0.141. The molecule has 0 amide bonds. The van der Waals surface area contributed by atoms with Crippen molar-refractivity contribution in [3.8, 4) is 28.2 Å². The van der Waals surface area contributed by atoms with Crippen LogP contribution in [0.3, 0.4) is 0 Å². The molecule has 0 radical (unpaired) electrons. The Morgan fingerprint density at radius 3 is 1.89 bits per heavy atom. The Bertz CT molecular complexity index is 2020. The first-order chi connectivity index (χ1) is 21.8. The summed E-state index contributed by atoms with van der Waals surface area (Å²) in [4.78, 5) is 0. The standard InChI is InChI=1S/C37H37F3N6/c1-8-31-34(29-15-11-23(3)12-16-29)27(7)46(42-31)35-25(5)32(44-20-24(4)26(6)41-44)17-18-33(35)45-21-30(36(43-45)37(38,39)40)19-28-13-9-22(2)10-14-28/h9-18,20-21H,8,19H2,1-7H3. The third kappa shape index (κ3) is 5.66. The van der Waals surface area contributed by atoms with Gasteiger partial charge in [0.05, 0.1) is 28.5 Å². The van der Waals surface area contributed by atoms with E-state index in [0.717, 1.165) is 61.7 Å². The molecule has 9 heteroatoms. The summed E-state index contributed by atoms with van der Waals surface area (Å²) < 4.78 is 48.4. The molecule has 0 atom stereocenters. The third-order valence-electron chi connectivity index (χ3n) is 8.67. The number of alkyl halides is 3. The average molecular weight is 623 g/mol. The highest BCUT2D eigenvalue weighted by atomic mass is 19.4. The normalized spacial score (nSPS) is 11.9. The number of hydrogen-bond acceptors (Lipinski definition) is 3. The number of nitrogens with zero attached hydrogens (tertiary/aromatic N) is 6. The average Bonchev–Trinajstić information content (AvgIpc) is 3.69. The summed E-state index contributed by atoms with van der Waals surface area (Å²) in [6, 6.07) is 19.5. The van der Waals surface area contributed by atoms with Crippen LogP contribution in [0.15, 0.2) is 73.1 Å². The van der Waals surface area contributed by atoms with Gasteiger partial charge in [-0.15, -0.1) is 0 Å². The Morgan fingerprint density at radius 2 is 1.30 bits per heavy atom. The molecular weight excluding hydrogens is 585 g/mol. The van der Waals surface area contributed by atoms with Crippen molar-refractivity contribution in [3.63, 3.8) is 0 Å². The molecule has 0 aliphatic carbocycles. The van der Waals surface area contributed by atoms with Crippen LogP contribution in [0, 0.1) is 41.5 Å². The molecule has 6 nitrogen and oxygen atoms in total. The predicted octanol–water partition coefficient (Wildman–Crippen LogP) is 8.93. The van der Waals surface area contributed by atoms with Gasteiger partial charge in [0.25, 0.3) is 0 Å². The Balaban J connectivity index is 1.60. The van der Waals surface area contributed by atoms with E-state index in [1.807, 2.05) is 93.5 Å². The number of hydrogen-bond donors (Lipinski definition) is 0. The van der Waals surface area contributed by atoms with Gasteiger partial charge in [0.2, 0.25) is 0 Å². The summed E-state index contributed by atoms with van der Waals surface area (Å²) in [5, 5.41) is 14.0. The van der Waals surface area contributed by atoms with Gasteiger partial charge in [-0.3, -0.25) is 0 Å². The highest BCUT2D eigenvalue weighted by Gasteiger charge is 2.37. The van der Waals surface area contributed by atoms with Gasteiger partial charge in [-0.2, -0.15) is 28.5 Å². The summed E-state index contributed by atoms with van der Waals surface area (Å²) in [6.07, 6.45) is -0.375. The van der Waals surface area contributed by atoms with Gasteiger partial charge in [0.15, 0.2) is 5.69 Å². The van der Waals surface area contributed by atoms with E-state index in [4.69, 9.17) is 10.2 Å². The lowest BCUT2D eigenvalue weighted by Crippen LogP contribution is -2.13. The second-order valence-electron chi connectivity index (χ2n) is 12.1. The molecule has 0 spiro atoms. The van der Waals surface area contributed by atoms with Crippen molar-refractivity contribution in [2.45, 2.75) is 67.5 Å². The molecule has 6 rings (SSSR count). The molecule has 0 saturated heterocycles. The molecule has 0 aliphatic rings. The second-order valence-corrected chi connectivity index (χ2v) is 12.1. The fourth-order valence-corrected chi connectivity index (χ4v) is 5.99. The summed E-state index contributed by atoms with van der Waals surface area (Å²) in [5.74, 6) is 0. The number of aromatic nitrogens is 6. The lowest BCUT2D eigenvalue weighted by atomic mass is 10.0. The van der Waals surface area contributed by atoms with Gasteiger partial charge in [-0.25, -0.2) is 14.0 Å². The number of aryl methyl sites for hydroxylation is 5. The maximum Gasteiger partial charge on any atom is 0.435 e. The minimum atomic E-state index is -4.62. The van der Waals surface area contributed by atoms with Crippen LogP contribution in [0.25, 0.3) is 28.2 Å². The SMILES string of the molecule is CCc1nn(-c2c(-n3cc(Cc4ccc(C)cc4)c(C(F)(F)F)n3)ccc(-n3cc(C)c(C)n3)c2C)c(C)c1-c1ccc(C)cc1. The summed E-state index contributed by atoms with van der Waals surface area (Å²) in [7, 11) is 0. The van der Waals surface area contributed by atoms with E-state index < -0.39 is 11.9 Å². The molecule has 46 heavy (non-hydrogen) atoms. The topological polar surface area (TPSA) is 53.5 Å². The van der Waals surface area contributed by atoms with Crippen molar-refractivity contribution < 1.29 is 13.2 Å². The van der Waals surface area contributed by atoms with Crippen molar-refractivity contribution in [1.82, 2.24) is 29.3 Å². The van der Waals surface area contributed by atoms with Crippen LogP contribution >= 0.6 is 0 Å². The molecule has 6 aromatic rings. The first-order valence-corrected chi connectivity index (χ1v) is 15.4. The minimum absolute atomic E-state index is 0.103. The van der Waals surface area contributed by atoms with Gasteiger partial charge >= 0.3 is 6.18 Å². The molecular formula is C37H37F3N6. The van der Waals surface area contributed by atoms with Gasteiger partial charge < -0.3 is 0 Å². The second kappa shape index (κ2) is 11.8. The summed E-state index contributed by atoms with van der Waals surface area (Å²) in [5.41, 5.74) is 10.7. The fraction of sp³-hybridized carbons (Fsp3) is 0.270. The van der Waals surface area contributed by atoms with E-state index in [1.165, 1.54) is 10.9 Å². The highest BCUT2D eigenvalue weighted by Crippen LogP contribution is 2.37. The van der Waals surface area contributed by atoms with E-state index in [0.29, 0.717) is 17.8 Å².